The van der Waals surface area contributed by atoms with Crippen LogP contribution in [0.2, 0.25) is 0 Å². The van der Waals surface area contributed by atoms with Crippen molar-refractivity contribution < 1.29 is 47.8 Å². The zero-order valence-corrected chi connectivity index (χ0v) is 42.5. The van der Waals surface area contributed by atoms with E-state index in [1.807, 2.05) is 55.6 Å². The summed E-state index contributed by atoms with van der Waals surface area (Å²) in [5.41, 5.74) is 11.2. The van der Waals surface area contributed by atoms with Crippen LogP contribution >= 0.6 is 0 Å². The van der Waals surface area contributed by atoms with Crippen LogP contribution in [0.15, 0.2) is 97.5 Å². The normalized spacial score (nSPS) is 13.5. The number of aromatic amines is 1. The molecule has 6 aromatic rings. The number of hydrogen-bond acceptors (Lipinski definition) is 14. The predicted octanol–water partition coefficient (Wildman–Crippen LogP) is 6.15. The fraction of sp³-hybridized carbons (Fsp3) is 0.352. The van der Waals surface area contributed by atoms with Crippen molar-refractivity contribution in [3.05, 3.63) is 120 Å². The zero-order chi connectivity index (χ0) is 53.7. The zero-order valence-electron chi connectivity index (χ0n) is 42.5. The van der Waals surface area contributed by atoms with Gasteiger partial charge in [0.05, 0.1) is 29.7 Å². The highest BCUT2D eigenvalue weighted by molar-refractivity contribution is 6.12. The third-order valence-corrected chi connectivity index (χ3v) is 12.8. The number of imide groups is 1. The van der Waals surface area contributed by atoms with Gasteiger partial charge in [-0.3, -0.25) is 38.8 Å². The maximum absolute atomic E-state index is 14.2. The molecule has 7 amide bonds. The van der Waals surface area contributed by atoms with Crippen molar-refractivity contribution in [2.24, 2.45) is 17.6 Å². The van der Waals surface area contributed by atoms with Gasteiger partial charge in [-0.2, -0.15) is 5.10 Å². The average molecular weight is 1040 g/mol. The first-order chi connectivity index (χ1) is 36.7. The van der Waals surface area contributed by atoms with Crippen LogP contribution in [0.3, 0.4) is 0 Å². The number of urea groups is 1. The monoisotopic (exact) mass is 1040 g/mol. The maximum Gasteiger partial charge on any atom is 0.410 e. The smallest absolute Gasteiger partial charge is 0.410 e. The summed E-state index contributed by atoms with van der Waals surface area (Å²) in [6.45, 7) is 6.08. The van der Waals surface area contributed by atoms with Gasteiger partial charge in [-0.15, -0.1) is 0 Å². The highest BCUT2D eigenvalue weighted by atomic mass is 16.7. The molecule has 4 aromatic heterocycles. The molecular weight excluding hydrogens is 977 g/mol. The predicted molar refractivity (Wildman–Crippen MR) is 277 cm³/mol. The third-order valence-electron chi connectivity index (χ3n) is 12.8. The number of amides is 7. The summed E-state index contributed by atoms with van der Waals surface area (Å²) in [7, 11) is 0. The Labute approximate surface area is 437 Å². The number of fused-ring (bicyclic) bond motifs is 2. The van der Waals surface area contributed by atoms with Crippen LogP contribution in [0.5, 0.6) is 11.5 Å². The summed E-state index contributed by atoms with van der Waals surface area (Å²) in [6.07, 6.45) is 7.27. The van der Waals surface area contributed by atoms with E-state index in [4.69, 9.17) is 29.9 Å². The van der Waals surface area contributed by atoms with E-state index in [2.05, 4.69) is 31.0 Å². The molecule has 0 saturated carbocycles. The Morgan fingerprint density at radius 1 is 0.882 bits per heavy atom. The number of anilines is 1. The van der Waals surface area contributed by atoms with Gasteiger partial charge in [-0.05, 0) is 98.2 Å². The van der Waals surface area contributed by atoms with E-state index in [0.717, 1.165) is 21.7 Å². The van der Waals surface area contributed by atoms with Gasteiger partial charge < -0.3 is 40.9 Å². The molecule has 2 aliphatic rings. The van der Waals surface area contributed by atoms with E-state index in [0.29, 0.717) is 77.0 Å². The topological polar surface area (TPSA) is 288 Å². The molecule has 8 rings (SSSR count). The minimum Gasteiger partial charge on any atom is -0.454 e. The number of ether oxygens (including phenoxy) is 3. The van der Waals surface area contributed by atoms with Gasteiger partial charge in [0.2, 0.25) is 18.6 Å². The van der Waals surface area contributed by atoms with Crippen LogP contribution in [0, 0.1) is 18.8 Å². The van der Waals surface area contributed by atoms with E-state index >= 15 is 0 Å². The van der Waals surface area contributed by atoms with E-state index in [-0.39, 0.29) is 88.3 Å². The first-order valence-corrected chi connectivity index (χ1v) is 25.1. The quantitative estimate of drug-likeness (QED) is 0.0318. The molecule has 2 aliphatic heterocycles. The number of benzene rings is 2. The minimum absolute atomic E-state index is 0.0162. The van der Waals surface area contributed by atoms with Crippen molar-refractivity contribution in [1.82, 2.24) is 50.0 Å². The fourth-order valence-corrected chi connectivity index (χ4v) is 8.83. The molecule has 22 nitrogen and oxygen atoms in total. The van der Waals surface area contributed by atoms with E-state index < -0.39 is 30.0 Å². The number of primary amides is 1. The van der Waals surface area contributed by atoms with Crippen LogP contribution in [-0.4, -0.2) is 107 Å². The number of rotatable bonds is 25. The molecule has 6 N–H and O–H groups in total. The number of aryl methyl sites for hydroxylation is 1. The number of carbonyl (C=O) groups is 7. The number of imidazole rings is 1. The Morgan fingerprint density at radius 3 is 2.42 bits per heavy atom. The summed E-state index contributed by atoms with van der Waals surface area (Å²) in [5, 5.41) is 12.6. The molecule has 0 saturated heterocycles. The SMILES string of the molecule is Cc1cccc(-c2[nH]c(CN(Cc3ccc4c(c3)OCO4)C(=O)OCc3ccc(NC(=O)[C@H](CCCNC(N)=O)CC(=O)[C@@H](NC(=O)CCCCCN4C(=O)C=CC4=O)C(C)C)cc3)nc2-c2ccc3ncnn3c2)n1. The van der Waals surface area contributed by atoms with E-state index in [9.17, 15) is 33.6 Å². The molecular formula is C54H60N12O10. The Morgan fingerprint density at radius 2 is 1.66 bits per heavy atom. The lowest BCUT2D eigenvalue weighted by atomic mass is 9.89. The molecule has 0 spiro atoms. The third kappa shape index (κ3) is 14.0. The molecule has 22 heteroatoms. The standard InChI is InChI=1S/C54H60N12O10/c1-33(2)49(63-46(68)12-5-4-6-24-65-47(69)21-22-48(65)70)41(67)26-37(10-8-23-56-53(55)72)52(71)60-39-17-13-35(14-18-39)30-74-54(73)64(27-36-15-19-42-43(25-36)76-32-75-42)29-44-61-50(38-16-20-45-57-31-58-66(45)28-38)51(62-44)40-11-7-9-34(3)59-40/h7,9,11,13-22,25,28,31,33,37,49H,4-6,8,10,12,23-24,26-27,29-30,32H2,1-3H3,(H,60,71)(H,61,62)(H,63,68)(H3,55,56,72)/t37-,49+/m1/s1. The average Bonchev–Trinajstić information content (AvgIpc) is 4.23. The molecule has 0 radical (unpaired) electrons. The van der Waals surface area contributed by atoms with Crippen molar-refractivity contribution in [1.29, 1.82) is 0 Å². The van der Waals surface area contributed by atoms with Gasteiger partial charge in [0.15, 0.2) is 22.9 Å². The highest BCUT2D eigenvalue weighted by Gasteiger charge is 2.30. The number of nitrogens with one attached hydrogen (secondary N) is 4. The summed E-state index contributed by atoms with van der Waals surface area (Å²) in [6, 6.07) is 20.1. The number of nitrogens with zero attached hydrogens (tertiary/aromatic N) is 7. The maximum atomic E-state index is 14.2. The molecule has 6 heterocycles. The van der Waals surface area contributed by atoms with Gasteiger partial charge in [0.1, 0.15) is 18.8 Å². The Balaban J connectivity index is 0.911. The molecule has 2 atom stereocenters. The molecule has 0 bridgehead atoms. The van der Waals surface area contributed by atoms with Gasteiger partial charge in [-0.1, -0.05) is 44.5 Å². The lowest BCUT2D eigenvalue weighted by Gasteiger charge is -2.24. The van der Waals surface area contributed by atoms with Crippen molar-refractivity contribution in [3.63, 3.8) is 0 Å². The van der Waals surface area contributed by atoms with Crippen molar-refractivity contribution in [2.75, 3.05) is 25.2 Å². The number of ketones is 1. The van der Waals surface area contributed by atoms with Crippen LogP contribution in [0.1, 0.15) is 81.4 Å². The second-order valence-corrected chi connectivity index (χ2v) is 18.9. The second-order valence-electron chi connectivity index (χ2n) is 18.9. The van der Waals surface area contributed by atoms with Crippen molar-refractivity contribution in [2.45, 2.75) is 91.5 Å². The molecule has 0 fully saturated rings. The number of pyridine rings is 2. The lowest BCUT2D eigenvalue weighted by Crippen LogP contribution is -2.45. The summed E-state index contributed by atoms with van der Waals surface area (Å²) in [5.74, 6) is -1.28. The molecule has 0 unspecified atom stereocenters. The number of carbonyl (C=O) groups excluding carboxylic acids is 7. The van der Waals surface area contributed by atoms with Crippen molar-refractivity contribution in [3.8, 4) is 34.1 Å². The number of hydrogen-bond donors (Lipinski definition) is 5. The fourth-order valence-electron chi connectivity index (χ4n) is 8.83. The van der Waals surface area contributed by atoms with Crippen LogP contribution in [-0.2, 0) is 48.4 Å². The number of unbranched alkanes of at least 4 members (excludes halogenated alkanes) is 2. The molecule has 396 valence electrons. The Bertz CT molecular complexity index is 3110. The second kappa shape index (κ2) is 24.9. The van der Waals surface area contributed by atoms with Crippen LogP contribution in [0.25, 0.3) is 28.3 Å². The molecule has 0 aliphatic carbocycles. The van der Waals surface area contributed by atoms with Crippen LogP contribution in [0.4, 0.5) is 15.3 Å². The van der Waals surface area contributed by atoms with Gasteiger partial charge in [0.25, 0.3) is 11.8 Å². The summed E-state index contributed by atoms with van der Waals surface area (Å²) < 4.78 is 18.7. The molecule has 76 heavy (non-hydrogen) atoms. The van der Waals surface area contributed by atoms with Gasteiger partial charge >= 0.3 is 12.1 Å². The number of nitrogens with two attached hydrogens (primary N) is 1. The van der Waals surface area contributed by atoms with Crippen molar-refractivity contribution >= 4 is 52.9 Å². The van der Waals surface area contributed by atoms with Gasteiger partial charge in [0, 0.05) is 73.7 Å². The summed E-state index contributed by atoms with van der Waals surface area (Å²) >= 11 is 0. The minimum atomic E-state index is -0.862. The van der Waals surface area contributed by atoms with Gasteiger partial charge in [-0.25, -0.2) is 24.1 Å². The Kier molecular flexibility index (Phi) is 17.4. The number of Topliss-reactive ketones (excluding diaryl/α,β-unsaturated/α-hetero) is 1. The first kappa shape index (κ1) is 53.3. The number of H-pyrrole nitrogens is 1. The van der Waals surface area contributed by atoms with E-state index in [1.54, 1.807) is 48.7 Å². The first-order valence-electron chi connectivity index (χ1n) is 25.1. The van der Waals surface area contributed by atoms with Crippen LogP contribution < -0.4 is 31.2 Å². The summed E-state index contributed by atoms with van der Waals surface area (Å²) in [4.78, 5) is 110. The van der Waals surface area contributed by atoms with E-state index in [1.165, 1.54) is 23.4 Å². The Hall–Kier alpha value is -8.95. The highest BCUT2D eigenvalue weighted by Crippen LogP contribution is 2.34. The largest absolute Gasteiger partial charge is 0.454 e. The molecule has 2 aromatic carbocycles. The lowest BCUT2D eigenvalue weighted by molar-refractivity contribution is -0.137. The number of aromatic nitrogens is 6.